The number of nitrogen functional groups attached to an aromatic ring is 1. The molecular weight excluding hydrogens is 254 g/mol. The molecule has 0 fully saturated rings. The standard InChI is InChI=1S/C16H17NO3/c1-19-14-4-3-5-15(20-2)16(14)13(18)10-11-6-8-12(17)9-7-11/h3-9H,10,17H2,1-2H3. The molecule has 4 nitrogen and oxygen atoms in total. The molecule has 2 aromatic carbocycles. The Morgan fingerprint density at radius 1 is 1.00 bits per heavy atom. The molecule has 0 unspecified atom stereocenters. The number of carbonyl (C=O) groups excluding carboxylic acids is 1. The second-order valence-electron chi connectivity index (χ2n) is 4.38. The smallest absolute Gasteiger partial charge is 0.174 e. The van der Waals surface area contributed by atoms with Crippen LogP contribution in [-0.2, 0) is 6.42 Å². The number of Topliss-reactive ketones (excluding diaryl/α,β-unsaturated/α-hetero) is 1. The molecule has 20 heavy (non-hydrogen) atoms. The minimum Gasteiger partial charge on any atom is -0.496 e. The molecule has 0 heterocycles. The summed E-state index contributed by atoms with van der Waals surface area (Å²) < 4.78 is 10.5. The summed E-state index contributed by atoms with van der Waals surface area (Å²) in [4.78, 5) is 12.5. The molecule has 0 saturated heterocycles. The number of rotatable bonds is 5. The van der Waals surface area contributed by atoms with Gasteiger partial charge in [-0.15, -0.1) is 0 Å². The number of hydrogen-bond donors (Lipinski definition) is 1. The van der Waals surface area contributed by atoms with Gasteiger partial charge in [-0.05, 0) is 29.8 Å². The van der Waals surface area contributed by atoms with Crippen molar-refractivity contribution in [2.75, 3.05) is 20.0 Å². The average molecular weight is 271 g/mol. The second kappa shape index (κ2) is 6.10. The van der Waals surface area contributed by atoms with Crippen molar-refractivity contribution in [1.29, 1.82) is 0 Å². The number of benzene rings is 2. The van der Waals surface area contributed by atoms with Crippen LogP contribution < -0.4 is 15.2 Å². The van der Waals surface area contributed by atoms with Gasteiger partial charge in [-0.3, -0.25) is 4.79 Å². The highest BCUT2D eigenvalue weighted by molar-refractivity contribution is 6.02. The van der Waals surface area contributed by atoms with Crippen molar-refractivity contribution in [2.45, 2.75) is 6.42 Å². The number of methoxy groups -OCH3 is 2. The molecule has 2 aromatic rings. The molecule has 2 rings (SSSR count). The van der Waals surface area contributed by atoms with Gasteiger partial charge in [0.15, 0.2) is 5.78 Å². The van der Waals surface area contributed by atoms with Crippen molar-refractivity contribution in [3.8, 4) is 11.5 Å². The number of carbonyl (C=O) groups is 1. The van der Waals surface area contributed by atoms with Gasteiger partial charge in [-0.25, -0.2) is 0 Å². The molecule has 4 heteroatoms. The lowest BCUT2D eigenvalue weighted by atomic mass is 10.0. The molecule has 0 aliphatic carbocycles. The van der Waals surface area contributed by atoms with Gasteiger partial charge in [0.2, 0.25) is 0 Å². The van der Waals surface area contributed by atoms with Crippen LogP contribution in [0.4, 0.5) is 5.69 Å². The average Bonchev–Trinajstić information content (AvgIpc) is 2.48. The van der Waals surface area contributed by atoms with E-state index in [-0.39, 0.29) is 12.2 Å². The maximum absolute atomic E-state index is 12.5. The largest absolute Gasteiger partial charge is 0.496 e. The zero-order valence-electron chi connectivity index (χ0n) is 11.6. The van der Waals surface area contributed by atoms with Crippen LogP contribution in [0.25, 0.3) is 0 Å². The van der Waals surface area contributed by atoms with Crippen LogP contribution >= 0.6 is 0 Å². The predicted molar refractivity (Wildman–Crippen MR) is 78.4 cm³/mol. The SMILES string of the molecule is COc1cccc(OC)c1C(=O)Cc1ccc(N)cc1. The Labute approximate surface area is 118 Å². The molecule has 0 radical (unpaired) electrons. The maximum Gasteiger partial charge on any atom is 0.174 e. The van der Waals surface area contributed by atoms with Crippen LogP contribution in [0.5, 0.6) is 11.5 Å². The molecule has 0 atom stereocenters. The minimum absolute atomic E-state index is 0.0518. The Morgan fingerprint density at radius 3 is 2.05 bits per heavy atom. The quantitative estimate of drug-likeness (QED) is 0.671. The molecular formula is C16H17NO3. The first-order valence-corrected chi connectivity index (χ1v) is 6.24. The Morgan fingerprint density at radius 2 is 1.55 bits per heavy atom. The van der Waals surface area contributed by atoms with E-state index in [9.17, 15) is 4.79 Å². The number of ether oxygens (including phenoxy) is 2. The van der Waals surface area contributed by atoms with Crippen LogP contribution in [0.2, 0.25) is 0 Å². The summed E-state index contributed by atoms with van der Waals surface area (Å²) in [6, 6.07) is 12.5. The number of hydrogen-bond acceptors (Lipinski definition) is 4. The third kappa shape index (κ3) is 2.91. The van der Waals surface area contributed by atoms with E-state index in [1.165, 1.54) is 14.2 Å². The van der Waals surface area contributed by atoms with Crippen LogP contribution in [0.15, 0.2) is 42.5 Å². The van der Waals surface area contributed by atoms with Gasteiger partial charge in [-0.1, -0.05) is 18.2 Å². The molecule has 0 bridgehead atoms. The van der Waals surface area contributed by atoms with E-state index >= 15 is 0 Å². The van der Waals surface area contributed by atoms with E-state index in [0.29, 0.717) is 22.7 Å². The van der Waals surface area contributed by atoms with Gasteiger partial charge in [-0.2, -0.15) is 0 Å². The third-order valence-electron chi connectivity index (χ3n) is 3.05. The third-order valence-corrected chi connectivity index (χ3v) is 3.05. The van der Waals surface area contributed by atoms with Gasteiger partial charge in [0, 0.05) is 12.1 Å². The summed E-state index contributed by atoms with van der Waals surface area (Å²) in [5.41, 5.74) is 7.68. The van der Waals surface area contributed by atoms with Crippen LogP contribution in [0.1, 0.15) is 15.9 Å². The highest BCUT2D eigenvalue weighted by Crippen LogP contribution is 2.29. The van der Waals surface area contributed by atoms with Crippen molar-refractivity contribution >= 4 is 11.5 Å². The molecule has 2 N–H and O–H groups in total. The van der Waals surface area contributed by atoms with Gasteiger partial charge in [0.1, 0.15) is 17.1 Å². The van der Waals surface area contributed by atoms with E-state index in [2.05, 4.69) is 0 Å². The first kappa shape index (κ1) is 13.9. The fraction of sp³-hybridized carbons (Fsp3) is 0.188. The number of ketones is 1. The van der Waals surface area contributed by atoms with Crippen LogP contribution in [0.3, 0.4) is 0 Å². The summed E-state index contributed by atoms with van der Waals surface area (Å²) in [5, 5.41) is 0. The zero-order chi connectivity index (χ0) is 14.5. The fourth-order valence-corrected chi connectivity index (χ4v) is 2.04. The van der Waals surface area contributed by atoms with Crippen molar-refractivity contribution < 1.29 is 14.3 Å². The van der Waals surface area contributed by atoms with Gasteiger partial charge in [0.05, 0.1) is 14.2 Å². The molecule has 0 aromatic heterocycles. The van der Waals surface area contributed by atoms with Gasteiger partial charge >= 0.3 is 0 Å². The Bertz CT molecular complexity index is 583. The van der Waals surface area contributed by atoms with E-state index in [1.54, 1.807) is 30.3 Å². The molecule has 0 amide bonds. The van der Waals surface area contributed by atoms with E-state index in [1.807, 2.05) is 12.1 Å². The maximum atomic E-state index is 12.5. The first-order chi connectivity index (χ1) is 9.65. The minimum atomic E-state index is -0.0518. The lowest BCUT2D eigenvalue weighted by Gasteiger charge is -2.12. The second-order valence-corrected chi connectivity index (χ2v) is 4.38. The molecule has 0 aliphatic heterocycles. The van der Waals surface area contributed by atoms with E-state index in [0.717, 1.165) is 5.56 Å². The molecule has 0 aliphatic rings. The number of nitrogens with two attached hydrogens (primary N) is 1. The lowest BCUT2D eigenvalue weighted by Crippen LogP contribution is -2.08. The fourth-order valence-electron chi connectivity index (χ4n) is 2.04. The first-order valence-electron chi connectivity index (χ1n) is 6.24. The Hall–Kier alpha value is -2.49. The Balaban J connectivity index is 2.31. The molecule has 0 spiro atoms. The summed E-state index contributed by atoms with van der Waals surface area (Å²) in [6.45, 7) is 0. The molecule has 104 valence electrons. The van der Waals surface area contributed by atoms with Crippen molar-refractivity contribution in [1.82, 2.24) is 0 Å². The van der Waals surface area contributed by atoms with Gasteiger partial charge < -0.3 is 15.2 Å². The number of anilines is 1. The zero-order valence-corrected chi connectivity index (χ0v) is 11.6. The van der Waals surface area contributed by atoms with Crippen molar-refractivity contribution in [2.24, 2.45) is 0 Å². The van der Waals surface area contributed by atoms with Crippen LogP contribution in [-0.4, -0.2) is 20.0 Å². The van der Waals surface area contributed by atoms with E-state index in [4.69, 9.17) is 15.2 Å². The lowest BCUT2D eigenvalue weighted by molar-refractivity contribution is 0.0987. The summed E-state index contributed by atoms with van der Waals surface area (Å²) in [6.07, 6.45) is 0.275. The topological polar surface area (TPSA) is 61.5 Å². The predicted octanol–water partition coefficient (Wildman–Crippen LogP) is 2.71. The van der Waals surface area contributed by atoms with Crippen molar-refractivity contribution in [3.05, 3.63) is 53.6 Å². The highest BCUT2D eigenvalue weighted by Gasteiger charge is 2.18. The molecule has 0 saturated carbocycles. The normalized spacial score (nSPS) is 10.1. The summed E-state index contributed by atoms with van der Waals surface area (Å²) in [7, 11) is 3.07. The van der Waals surface area contributed by atoms with Crippen LogP contribution in [0, 0.1) is 0 Å². The summed E-state index contributed by atoms with van der Waals surface area (Å²) in [5.74, 6) is 0.985. The van der Waals surface area contributed by atoms with Gasteiger partial charge in [0.25, 0.3) is 0 Å². The van der Waals surface area contributed by atoms with Crippen molar-refractivity contribution in [3.63, 3.8) is 0 Å². The van der Waals surface area contributed by atoms with E-state index < -0.39 is 0 Å². The summed E-state index contributed by atoms with van der Waals surface area (Å²) >= 11 is 0. The highest BCUT2D eigenvalue weighted by atomic mass is 16.5. The monoisotopic (exact) mass is 271 g/mol. The Kier molecular flexibility index (Phi) is 4.25.